The van der Waals surface area contributed by atoms with E-state index in [0.29, 0.717) is 0 Å². The topological polar surface area (TPSA) is 26.0 Å². The summed E-state index contributed by atoms with van der Waals surface area (Å²) in [7, 11) is 0. The molecular formula is C18H23FNRb. The normalized spacial score (nSPS) is 23.3. The Morgan fingerprint density at radius 2 is 1.86 bits per heavy atom. The van der Waals surface area contributed by atoms with Crippen LogP contribution in [0.2, 0.25) is 0 Å². The molecule has 0 aromatic heterocycles. The van der Waals surface area contributed by atoms with E-state index in [4.69, 9.17) is 5.73 Å². The van der Waals surface area contributed by atoms with Crippen LogP contribution in [0, 0.1) is 24.1 Å². The van der Waals surface area contributed by atoms with Gasteiger partial charge in [0.05, 0.1) is 5.69 Å². The number of benzene rings is 1. The van der Waals surface area contributed by atoms with E-state index in [1.165, 1.54) is 37.7 Å². The van der Waals surface area contributed by atoms with Crippen molar-refractivity contribution in [2.24, 2.45) is 11.8 Å². The van der Waals surface area contributed by atoms with Crippen molar-refractivity contribution in [1.29, 1.82) is 0 Å². The Hall–Kier alpha value is 0.495. The largest absolute Gasteiger partial charge is 1.00 e. The average molecular weight is 358 g/mol. The predicted molar refractivity (Wildman–Crippen MR) is 82.4 cm³/mol. The summed E-state index contributed by atoms with van der Waals surface area (Å²) in [6, 6.07) is 5.20. The van der Waals surface area contributed by atoms with Gasteiger partial charge in [-0.15, -0.1) is 0 Å². The van der Waals surface area contributed by atoms with E-state index in [9.17, 15) is 4.39 Å². The Bertz CT molecular complexity index is 506. The van der Waals surface area contributed by atoms with Crippen LogP contribution in [0.1, 0.15) is 50.5 Å². The van der Waals surface area contributed by atoms with Crippen molar-refractivity contribution in [3.8, 4) is 0 Å². The number of allylic oxidation sites excluding steroid dienone is 2. The molecule has 1 fully saturated rings. The van der Waals surface area contributed by atoms with Gasteiger partial charge in [0.15, 0.2) is 0 Å². The maximum Gasteiger partial charge on any atom is 1.00 e. The van der Waals surface area contributed by atoms with Crippen LogP contribution in [0.25, 0.3) is 5.57 Å². The van der Waals surface area contributed by atoms with E-state index < -0.39 is 0 Å². The molecule has 2 N–H and O–H groups in total. The second kappa shape index (κ2) is 8.38. The standard InChI is InChI=1S/C18H23FN.Rb/c19-17-12-16(10-11-18(17)20)15-8-6-14(7-9-15)13-4-2-1-3-5-13;/h1,8,10-14H,2-7,9,20H2;/q-1;+1. The van der Waals surface area contributed by atoms with Crippen molar-refractivity contribution < 1.29 is 62.6 Å². The van der Waals surface area contributed by atoms with Crippen molar-refractivity contribution in [3.63, 3.8) is 0 Å². The van der Waals surface area contributed by atoms with Gasteiger partial charge in [-0.1, -0.05) is 25.0 Å². The first-order valence-electron chi connectivity index (χ1n) is 7.80. The zero-order valence-electron chi connectivity index (χ0n) is 12.9. The zero-order valence-corrected chi connectivity index (χ0v) is 17.9. The van der Waals surface area contributed by atoms with Gasteiger partial charge in [-0.25, -0.2) is 4.39 Å². The Morgan fingerprint density at radius 1 is 1.10 bits per heavy atom. The molecule has 0 spiro atoms. The number of hydrogen-bond donors (Lipinski definition) is 1. The van der Waals surface area contributed by atoms with E-state index >= 15 is 0 Å². The maximum atomic E-state index is 13.5. The van der Waals surface area contributed by atoms with Crippen LogP contribution in [0.4, 0.5) is 10.1 Å². The summed E-state index contributed by atoms with van der Waals surface area (Å²) in [5.74, 6) is 1.44. The second-order valence-corrected chi connectivity index (χ2v) is 6.20. The molecule has 0 radical (unpaired) electrons. The Labute approximate surface area is 176 Å². The minimum absolute atomic E-state index is 0. The van der Waals surface area contributed by atoms with Gasteiger partial charge in [-0.3, -0.25) is 0 Å². The van der Waals surface area contributed by atoms with Crippen molar-refractivity contribution in [2.45, 2.75) is 44.9 Å². The fourth-order valence-electron chi connectivity index (χ4n) is 3.70. The Kier molecular flexibility index (Phi) is 7.12. The van der Waals surface area contributed by atoms with Crippen LogP contribution in [-0.4, -0.2) is 0 Å². The van der Waals surface area contributed by atoms with Gasteiger partial charge in [0.25, 0.3) is 0 Å². The minimum Gasteiger partial charge on any atom is -0.396 e. The number of anilines is 1. The van der Waals surface area contributed by atoms with Gasteiger partial charge in [-0.05, 0) is 54.4 Å². The van der Waals surface area contributed by atoms with Gasteiger partial charge in [0.1, 0.15) is 5.82 Å². The SMILES string of the molecule is Nc1ccc(C2=CCC(C3CC[CH-]CC3)CC2)cc1F.[Rb+]. The fourth-order valence-corrected chi connectivity index (χ4v) is 3.70. The Morgan fingerprint density at radius 3 is 2.48 bits per heavy atom. The molecule has 21 heavy (non-hydrogen) atoms. The van der Waals surface area contributed by atoms with Gasteiger partial charge in [0.2, 0.25) is 0 Å². The smallest absolute Gasteiger partial charge is 0.396 e. The summed E-state index contributed by atoms with van der Waals surface area (Å²) in [5, 5.41) is 0. The first-order chi connectivity index (χ1) is 9.74. The molecule has 1 atom stereocenters. The maximum absolute atomic E-state index is 13.5. The Balaban J connectivity index is 0.00000161. The molecule has 1 aromatic rings. The summed E-state index contributed by atoms with van der Waals surface area (Å²) in [6.45, 7) is 0. The van der Waals surface area contributed by atoms with Crippen LogP contribution in [-0.2, 0) is 0 Å². The summed E-state index contributed by atoms with van der Waals surface area (Å²) in [5.41, 5.74) is 8.08. The van der Waals surface area contributed by atoms with Crippen molar-refractivity contribution in [2.75, 3.05) is 5.73 Å². The molecule has 1 aromatic carbocycles. The molecule has 3 heteroatoms. The van der Waals surface area contributed by atoms with Crippen LogP contribution >= 0.6 is 0 Å². The molecule has 1 saturated carbocycles. The first kappa shape index (κ1) is 17.8. The monoisotopic (exact) mass is 357 g/mol. The number of halogens is 1. The van der Waals surface area contributed by atoms with Crippen LogP contribution in [0.3, 0.4) is 0 Å². The average Bonchev–Trinajstić information content (AvgIpc) is 2.51. The molecule has 0 saturated heterocycles. The van der Waals surface area contributed by atoms with E-state index in [0.717, 1.165) is 30.2 Å². The molecule has 2 aliphatic rings. The molecule has 0 heterocycles. The number of rotatable bonds is 2. The number of hydrogen-bond acceptors (Lipinski definition) is 1. The van der Waals surface area contributed by atoms with Crippen molar-refractivity contribution in [3.05, 3.63) is 42.1 Å². The second-order valence-electron chi connectivity index (χ2n) is 6.20. The first-order valence-corrected chi connectivity index (χ1v) is 7.80. The van der Waals surface area contributed by atoms with Crippen molar-refractivity contribution in [1.82, 2.24) is 0 Å². The van der Waals surface area contributed by atoms with Gasteiger partial charge < -0.3 is 12.2 Å². The summed E-state index contributed by atoms with van der Waals surface area (Å²) in [4.78, 5) is 0. The fraction of sp³-hybridized carbons (Fsp3) is 0.500. The van der Waals surface area contributed by atoms with Crippen LogP contribution in [0.15, 0.2) is 24.3 Å². The summed E-state index contributed by atoms with van der Waals surface area (Å²) < 4.78 is 13.5. The molecule has 0 aliphatic heterocycles. The molecule has 0 amide bonds. The third-order valence-electron chi connectivity index (χ3n) is 4.97. The molecule has 3 rings (SSSR count). The van der Waals surface area contributed by atoms with Gasteiger partial charge in [0, 0.05) is 0 Å². The number of nitrogen functional groups attached to an aromatic ring is 1. The molecule has 0 bridgehead atoms. The van der Waals surface area contributed by atoms with Gasteiger partial charge >= 0.3 is 58.2 Å². The van der Waals surface area contributed by atoms with Crippen LogP contribution in [0.5, 0.6) is 0 Å². The van der Waals surface area contributed by atoms with E-state index in [1.807, 2.05) is 6.07 Å². The third kappa shape index (κ3) is 4.49. The third-order valence-corrected chi connectivity index (χ3v) is 4.97. The van der Waals surface area contributed by atoms with E-state index in [-0.39, 0.29) is 69.7 Å². The molecular weight excluding hydrogens is 335 g/mol. The molecule has 2 aliphatic carbocycles. The predicted octanol–water partition coefficient (Wildman–Crippen LogP) is 1.99. The summed E-state index contributed by atoms with van der Waals surface area (Å²) >= 11 is 0. The molecule has 1 nitrogen and oxygen atoms in total. The van der Waals surface area contributed by atoms with Gasteiger partial charge in [-0.2, -0.15) is 12.8 Å². The molecule has 1 unspecified atom stereocenters. The van der Waals surface area contributed by atoms with Crippen LogP contribution < -0.4 is 63.9 Å². The van der Waals surface area contributed by atoms with E-state index in [1.54, 1.807) is 12.1 Å². The summed E-state index contributed by atoms with van der Waals surface area (Å²) in [6.07, 6.45) is 13.6. The zero-order chi connectivity index (χ0) is 13.9. The van der Waals surface area contributed by atoms with Crippen molar-refractivity contribution >= 4 is 11.3 Å². The molecule has 108 valence electrons. The van der Waals surface area contributed by atoms with E-state index in [2.05, 4.69) is 12.5 Å². The minimum atomic E-state index is -0.298. The quantitative estimate of drug-likeness (QED) is 0.636. The number of nitrogens with two attached hydrogens (primary N) is 1.